The molecule has 2 aromatic carbocycles. The maximum atomic E-state index is 12.7. The first-order valence-corrected chi connectivity index (χ1v) is 7.77. The van der Waals surface area contributed by atoms with Gasteiger partial charge in [-0.2, -0.15) is 0 Å². The number of carbonyl (C=O) groups is 1. The zero-order chi connectivity index (χ0) is 13.9. The SMILES string of the molecule is CCCc1cccc(C(=O)c2csc3ccccc23)c1. The van der Waals surface area contributed by atoms with Crippen LogP contribution >= 0.6 is 11.3 Å². The van der Waals surface area contributed by atoms with Gasteiger partial charge in [-0.25, -0.2) is 0 Å². The van der Waals surface area contributed by atoms with E-state index in [0.717, 1.165) is 29.4 Å². The Hall–Kier alpha value is -1.93. The fourth-order valence-corrected chi connectivity index (χ4v) is 3.41. The number of rotatable bonds is 4. The quantitative estimate of drug-likeness (QED) is 0.609. The number of fused-ring (bicyclic) bond motifs is 1. The molecule has 1 heterocycles. The highest BCUT2D eigenvalue weighted by Gasteiger charge is 2.14. The molecule has 0 fully saturated rings. The zero-order valence-corrected chi connectivity index (χ0v) is 12.2. The van der Waals surface area contributed by atoms with E-state index in [1.165, 1.54) is 10.3 Å². The molecular formula is C18H16OS. The first-order chi connectivity index (χ1) is 9.79. The predicted octanol–water partition coefficient (Wildman–Crippen LogP) is 5.08. The summed E-state index contributed by atoms with van der Waals surface area (Å²) in [6.45, 7) is 2.15. The minimum Gasteiger partial charge on any atom is -0.289 e. The molecule has 0 bridgehead atoms. The molecule has 1 aromatic heterocycles. The zero-order valence-electron chi connectivity index (χ0n) is 11.4. The van der Waals surface area contributed by atoms with E-state index >= 15 is 0 Å². The summed E-state index contributed by atoms with van der Waals surface area (Å²) in [6, 6.07) is 16.1. The molecule has 3 rings (SSSR count). The van der Waals surface area contributed by atoms with E-state index in [9.17, 15) is 4.79 Å². The van der Waals surface area contributed by atoms with E-state index in [2.05, 4.69) is 19.1 Å². The summed E-state index contributed by atoms with van der Waals surface area (Å²) in [7, 11) is 0. The van der Waals surface area contributed by atoms with Crippen molar-refractivity contribution in [3.8, 4) is 0 Å². The predicted molar refractivity (Wildman–Crippen MR) is 85.7 cm³/mol. The van der Waals surface area contributed by atoms with Gasteiger partial charge >= 0.3 is 0 Å². The van der Waals surface area contributed by atoms with Crippen LogP contribution in [-0.4, -0.2) is 5.78 Å². The number of ketones is 1. The van der Waals surface area contributed by atoms with Crippen LogP contribution in [0.2, 0.25) is 0 Å². The molecule has 0 radical (unpaired) electrons. The van der Waals surface area contributed by atoms with Crippen LogP contribution < -0.4 is 0 Å². The third-order valence-electron chi connectivity index (χ3n) is 3.45. The van der Waals surface area contributed by atoms with Crippen LogP contribution in [0.3, 0.4) is 0 Å². The molecule has 0 saturated carbocycles. The molecule has 3 aromatic rings. The lowest BCUT2D eigenvalue weighted by molar-refractivity contribution is 0.104. The van der Waals surface area contributed by atoms with Crippen LogP contribution in [0.15, 0.2) is 53.9 Å². The molecule has 0 atom stereocenters. The van der Waals surface area contributed by atoms with Gasteiger partial charge in [0.25, 0.3) is 0 Å². The average molecular weight is 280 g/mol. The lowest BCUT2D eigenvalue weighted by Gasteiger charge is -2.03. The van der Waals surface area contributed by atoms with Gasteiger partial charge in [0, 0.05) is 26.6 Å². The molecule has 100 valence electrons. The Morgan fingerprint density at radius 1 is 1.10 bits per heavy atom. The number of thiophene rings is 1. The Balaban J connectivity index is 2.02. The minimum atomic E-state index is 0.125. The third kappa shape index (κ3) is 2.39. The van der Waals surface area contributed by atoms with Crippen LogP contribution in [0.25, 0.3) is 10.1 Å². The van der Waals surface area contributed by atoms with Gasteiger partial charge < -0.3 is 0 Å². The summed E-state index contributed by atoms with van der Waals surface area (Å²) < 4.78 is 1.17. The highest BCUT2D eigenvalue weighted by atomic mass is 32.1. The van der Waals surface area contributed by atoms with Crippen molar-refractivity contribution in [2.75, 3.05) is 0 Å². The fourth-order valence-electron chi connectivity index (χ4n) is 2.47. The van der Waals surface area contributed by atoms with Crippen molar-refractivity contribution < 1.29 is 4.79 Å². The lowest BCUT2D eigenvalue weighted by Crippen LogP contribution is -2.01. The molecule has 1 nitrogen and oxygen atoms in total. The van der Waals surface area contributed by atoms with E-state index in [1.807, 2.05) is 41.8 Å². The molecule has 0 N–H and O–H groups in total. The standard InChI is InChI=1S/C18H16OS/c1-2-6-13-7-5-8-14(11-13)18(19)16-12-20-17-10-4-3-9-15(16)17/h3-5,7-12H,2,6H2,1H3. The summed E-state index contributed by atoms with van der Waals surface area (Å²) in [5.74, 6) is 0.125. The number of aryl methyl sites for hydroxylation is 1. The van der Waals surface area contributed by atoms with Crippen LogP contribution in [0, 0.1) is 0 Å². The second-order valence-electron chi connectivity index (χ2n) is 4.93. The van der Waals surface area contributed by atoms with Crippen LogP contribution in [0.1, 0.15) is 34.8 Å². The van der Waals surface area contributed by atoms with E-state index in [0.29, 0.717) is 0 Å². The first kappa shape index (κ1) is 13.1. The summed E-state index contributed by atoms with van der Waals surface area (Å²) in [5, 5.41) is 3.03. The van der Waals surface area contributed by atoms with Gasteiger partial charge in [-0.3, -0.25) is 4.79 Å². The molecule has 0 spiro atoms. The number of carbonyl (C=O) groups excluding carboxylic acids is 1. The van der Waals surface area contributed by atoms with Crippen molar-refractivity contribution in [1.29, 1.82) is 0 Å². The van der Waals surface area contributed by atoms with E-state index < -0.39 is 0 Å². The molecule has 0 aliphatic rings. The minimum absolute atomic E-state index is 0.125. The monoisotopic (exact) mass is 280 g/mol. The largest absolute Gasteiger partial charge is 0.289 e. The molecule has 0 amide bonds. The van der Waals surface area contributed by atoms with E-state index in [1.54, 1.807) is 11.3 Å². The molecule has 0 aliphatic heterocycles. The van der Waals surface area contributed by atoms with Crippen LogP contribution in [-0.2, 0) is 6.42 Å². The van der Waals surface area contributed by atoms with Gasteiger partial charge in [-0.05, 0) is 24.1 Å². The maximum Gasteiger partial charge on any atom is 0.194 e. The Labute approximate surface area is 122 Å². The third-order valence-corrected chi connectivity index (χ3v) is 4.42. The van der Waals surface area contributed by atoms with Gasteiger partial charge in [-0.15, -0.1) is 11.3 Å². The Kier molecular flexibility index (Phi) is 3.66. The molecular weight excluding hydrogens is 264 g/mol. The average Bonchev–Trinajstić information content (AvgIpc) is 2.91. The number of hydrogen-bond acceptors (Lipinski definition) is 2. The first-order valence-electron chi connectivity index (χ1n) is 6.89. The van der Waals surface area contributed by atoms with Crippen molar-refractivity contribution >= 4 is 27.2 Å². The van der Waals surface area contributed by atoms with Crippen molar-refractivity contribution in [2.45, 2.75) is 19.8 Å². The Bertz CT molecular complexity index is 755. The summed E-state index contributed by atoms with van der Waals surface area (Å²) in [4.78, 5) is 12.7. The number of benzene rings is 2. The van der Waals surface area contributed by atoms with Gasteiger partial charge in [0.05, 0.1) is 0 Å². The van der Waals surface area contributed by atoms with Crippen molar-refractivity contribution in [2.24, 2.45) is 0 Å². The molecule has 0 aliphatic carbocycles. The smallest absolute Gasteiger partial charge is 0.194 e. The van der Waals surface area contributed by atoms with Gasteiger partial charge in [0.15, 0.2) is 5.78 Å². The second kappa shape index (κ2) is 5.59. The second-order valence-corrected chi connectivity index (χ2v) is 5.84. The van der Waals surface area contributed by atoms with E-state index in [4.69, 9.17) is 0 Å². The Morgan fingerprint density at radius 2 is 1.95 bits per heavy atom. The van der Waals surface area contributed by atoms with Crippen LogP contribution in [0.4, 0.5) is 0 Å². The molecule has 0 unspecified atom stereocenters. The topological polar surface area (TPSA) is 17.1 Å². The fraction of sp³-hybridized carbons (Fsp3) is 0.167. The van der Waals surface area contributed by atoms with Gasteiger partial charge in [0.2, 0.25) is 0 Å². The summed E-state index contributed by atoms with van der Waals surface area (Å²) in [5.41, 5.74) is 2.84. The maximum absolute atomic E-state index is 12.7. The summed E-state index contributed by atoms with van der Waals surface area (Å²) in [6.07, 6.45) is 2.12. The van der Waals surface area contributed by atoms with Gasteiger partial charge in [-0.1, -0.05) is 49.7 Å². The number of hydrogen-bond donors (Lipinski definition) is 0. The van der Waals surface area contributed by atoms with Gasteiger partial charge in [0.1, 0.15) is 0 Å². The van der Waals surface area contributed by atoms with Crippen molar-refractivity contribution in [3.05, 3.63) is 70.6 Å². The molecule has 20 heavy (non-hydrogen) atoms. The molecule has 0 saturated heterocycles. The van der Waals surface area contributed by atoms with Crippen LogP contribution in [0.5, 0.6) is 0 Å². The van der Waals surface area contributed by atoms with Crippen molar-refractivity contribution in [1.82, 2.24) is 0 Å². The highest BCUT2D eigenvalue weighted by molar-refractivity contribution is 7.17. The highest BCUT2D eigenvalue weighted by Crippen LogP contribution is 2.27. The summed E-state index contributed by atoms with van der Waals surface area (Å²) >= 11 is 1.63. The lowest BCUT2D eigenvalue weighted by atomic mass is 9.99. The van der Waals surface area contributed by atoms with Crippen molar-refractivity contribution in [3.63, 3.8) is 0 Å². The van der Waals surface area contributed by atoms with E-state index in [-0.39, 0.29) is 5.78 Å². The normalized spacial score (nSPS) is 10.8. The Morgan fingerprint density at radius 3 is 2.80 bits per heavy atom. The molecule has 2 heteroatoms.